The predicted molar refractivity (Wildman–Crippen MR) is 112 cm³/mol. The number of hydrogen-bond acceptors (Lipinski definition) is 6. The van der Waals surface area contributed by atoms with Crippen LogP contribution in [0, 0.1) is 5.41 Å². The average molecular weight is 426 g/mol. The Bertz CT molecular complexity index is 1020. The first-order chi connectivity index (χ1) is 14.5. The van der Waals surface area contributed by atoms with Gasteiger partial charge in [0.1, 0.15) is 12.9 Å². The summed E-state index contributed by atoms with van der Waals surface area (Å²) < 4.78 is 5.77. The molecule has 0 saturated carbocycles. The van der Waals surface area contributed by atoms with Crippen molar-refractivity contribution < 1.29 is 29.6 Å². The van der Waals surface area contributed by atoms with Crippen LogP contribution in [0.15, 0.2) is 48.8 Å². The first-order valence-corrected chi connectivity index (χ1v) is 9.97. The molecule has 0 fully saturated rings. The fourth-order valence-electron chi connectivity index (χ4n) is 3.70. The molecule has 0 spiro atoms. The Hall–Kier alpha value is -3.26. The number of rotatable bonds is 7. The van der Waals surface area contributed by atoms with Crippen molar-refractivity contribution in [2.24, 2.45) is 5.41 Å². The van der Waals surface area contributed by atoms with Crippen molar-refractivity contribution in [2.75, 3.05) is 0 Å². The number of nitrogens with zero attached hydrogens (tertiary/aromatic N) is 2. The van der Waals surface area contributed by atoms with Gasteiger partial charge in [0, 0.05) is 12.5 Å². The monoisotopic (exact) mass is 426 g/mol. The highest BCUT2D eigenvalue weighted by Gasteiger charge is 2.53. The zero-order chi connectivity index (χ0) is 22.8. The number of aromatic nitrogens is 2. The number of carboxylic acid groups (broad SMARTS) is 2. The molecule has 0 amide bonds. The van der Waals surface area contributed by atoms with Crippen LogP contribution in [0.4, 0.5) is 0 Å². The maximum absolute atomic E-state index is 11.9. The van der Waals surface area contributed by atoms with Crippen molar-refractivity contribution in [3.63, 3.8) is 0 Å². The van der Waals surface area contributed by atoms with Gasteiger partial charge in [-0.2, -0.15) is 0 Å². The molecule has 3 N–H and O–H groups in total. The lowest BCUT2D eigenvalue weighted by molar-refractivity contribution is -0.167. The van der Waals surface area contributed by atoms with E-state index in [1.165, 1.54) is 37.0 Å². The van der Waals surface area contributed by atoms with Crippen molar-refractivity contribution >= 4 is 11.9 Å². The predicted octanol–water partition coefficient (Wildman–Crippen LogP) is 3.13. The largest absolute Gasteiger partial charge is 0.481 e. The third kappa shape index (κ3) is 4.59. The zero-order valence-corrected chi connectivity index (χ0v) is 17.6. The fraction of sp³-hybridized carbons (Fsp3) is 0.391. The maximum Gasteiger partial charge on any atom is 0.336 e. The van der Waals surface area contributed by atoms with E-state index in [1.807, 2.05) is 24.3 Å². The molecule has 0 saturated heterocycles. The molecule has 0 radical (unpaired) electrons. The van der Waals surface area contributed by atoms with Gasteiger partial charge < -0.3 is 20.1 Å². The van der Waals surface area contributed by atoms with E-state index >= 15 is 0 Å². The fourth-order valence-corrected chi connectivity index (χ4v) is 3.70. The van der Waals surface area contributed by atoms with Crippen LogP contribution in [-0.4, -0.2) is 42.8 Å². The van der Waals surface area contributed by atoms with Gasteiger partial charge in [-0.15, -0.1) is 0 Å². The van der Waals surface area contributed by atoms with E-state index in [0.717, 1.165) is 5.56 Å². The molecule has 8 heteroatoms. The molecule has 0 aliphatic heterocycles. The normalized spacial score (nSPS) is 25.4. The van der Waals surface area contributed by atoms with Gasteiger partial charge in [0.2, 0.25) is 5.88 Å². The highest BCUT2D eigenvalue weighted by atomic mass is 16.5. The van der Waals surface area contributed by atoms with Crippen molar-refractivity contribution in [2.45, 2.75) is 51.2 Å². The van der Waals surface area contributed by atoms with Crippen LogP contribution in [0.2, 0.25) is 0 Å². The number of aliphatic hydroxyl groups is 1. The summed E-state index contributed by atoms with van der Waals surface area (Å²) in [6, 6.07) is 9.46. The first kappa shape index (κ1) is 22.4. The summed E-state index contributed by atoms with van der Waals surface area (Å²) in [6.07, 6.45) is 3.52. The molecule has 1 aliphatic rings. The van der Waals surface area contributed by atoms with Crippen LogP contribution < -0.4 is 4.74 Å². The quantitative estimate of drug-likeness (QED) is 0.576. The van der Waals surface area contributed by atoms with Crippen molar-refractivity contribution in [1.29, 1.82) is 0 Å². The lowest BCUT2D eigenvalue weighted by Crippen LogP contribution is -2.51. The molecular weight excluding hydrogens is 400 g/mol. The van der Waals surface area contributed by atoms with E-state index in [1.54, 1.807) is 0 Å². The number of hydrogen-bond donors (Lipinski definition) is 3. The molecule has 3 atom stereocenters. The van der Waals surface area contributed by atoms with E-state index in [0.29, 0.717) is 5.92 Å². The minimum atomic E-state index is -2.33. The van der Waals surface area contributed by atoms with Crippen LogP contribution in [0.25, 0.3) is 0 Å². The number of carbonyl (C=O) groups is 2. The van der Waals surface area contributed by atoms with Crippen LogP contribution in [-0.2, 0) is 16.2 Å². The summed E-state index contributed by atoms with van der Waals surface area (Å²) >= 11 is 0. The van der Waals surface area contributed by atoms with E-state index in [4.69, 9.17) is 4.74 Å². The van der Waals surface area contributed by atoms with Crippen LogP contribution >= 0.6 is 0 Å². The van der Waals surface area contributed by atoms with Crippen LogP contribution in [0.5, 0.6) is 5.88 Å². The van der Waals surface area contributed by atoms with Gasteiger partial charge in [-0.1, -0.05) is 50.3 Å². The smallest absolute Gasteiger partial charge is 0.336 e. The van der Waals surface area contributed by atoms with Crippen molar-refractivity contribution in [3.05, 3.63) is 65.6 Å². The maximum atomic E-state index is 11.9. The number of carboxylic acids is 2. The molecule has 2 aromatic rings. The van der Waals surface area contributed by atoms with Gasteiger partial charge in [-0.05, 0) is 24.0 Å². The lowest BCUT2D eigenvalue weighted by atomic mass is 9.67. The molecule has 3 rings (SSSR count). The molecule has 1 aliphatic carbocycles. The molecule has 1 aromatic carbocycles. The van der Waals surface area contributed by atoms with Gasteiger partial charge in [-0.3, -0.25) is 4.79 Å². The van der Waals surface area contributed by atoms with Crippen LogP contribution in [0.3, 0.4) is 0 Å². The minimum absolute atomic E-state index is 0.229. The second kappa shape index (κ2) is 8.47. The van der Waals surface area contributed by atoms with Crippen LogP contribution in [0.1, 0.15) is 55.8 Å². The second-order valence-corrected chi connectivity index (χ2v) is 8.44. The van der Waals surface area contributed by atoms with E-state index in [2.05, 4.69) is 23.8 Å². The Kier molecular flexibility index (Phi) is 6.13. The highest BCUT2D eigenvalue weighted by Crippen LogP contribution is 2.44. The van der Waals surface area contributed by atoms with E-state index < -0.39 is 35.3 Å². The standard InChI is InChI=1S/C23H26N2O6/c1-14(2)16-6-4-5-15(9-16)11-31-19-10-18(24-13-25-19)17-7-8-22(3,20(26)27)12-23(17,30)21(28)29/h4-10,13-14,17,30H,11-12H2,1-3H3,(H,26,27)(H,28,29). The zero-order valence-electron chi connectivity index (χ0n) is 17.6. The minimum Gasteiger partial charge on any atom is -0.481 e. The molecule has 0 bridgehead atoms. The lowest BCUT2D eigenvalue weighted by Gasteiger charge is -2.39. The first-order valence-electron chi connectivity index (χ1n) is 9.97. The molecule has 31 heavy (non-hydrogen) atoms. The molecular formula is C23H26N2O6. The highest BCUT2D eigenvalue weighted by molar-refractivity contribution is 5.84. The Morgan fingerprint density at radius 3 is 2.58 bits per heavy atom. The summed E-state index contributed by atoms with van der Waals surface area (Å²) in [7, 11) is 0. The van der Waals surface area contributed by atoms with Gasteiger partial charge in [0.15, 0.2) is 5.60 Å². The Morgan fingerprint density at radius 2 is 1.94 bits per heavy atom. The molecule has 164 valence electrons. The second-order valence-electron chi connectivity index (χ2n) is 8.44. The summed E-state index contributed by atoms with van der Waals surface area (Å²) in [4.78, 5) is 31.7. The SMILES string of the molecule is CC(C)c1cccc(COc2cc(C3C=CC(C)(C(=O)O)CC3(O)C(=O)O)ncn2)c1. The Labute approximate surface area is 180 Å². The van der Waals surface area contributed by atoms with Gasteiger partial charge in [0.05, 0.1) is 17.0 Å². The van der Waals surface area contributed by atoms with Crippen molar-refractivity contribution in [1.82, 2.24) is 9.97 Å². The third-order valence-electron chi connectivity index (χ3n) is 5.65. The molecule has 1 heterocycles. The van der Waals surface area contributed by atoms with Gasteiger partial charge >= 0.3 is 11.9 Å². The Morgan fingerprint density at radius 1 is 1.19 bits per heavy atom. The summed E-state index contributed by atoms with van der Waals surface area (Å²) in [6.45, 7) is 5.84. The number of benzene rings is 1. The van der Waals surface area contributed by atoms with Gasteiger partial charge in [-0.25, -0.2) is 14.8 Å². The van der Waals surface area contributed by atoms with E-state index in [-0.39, 0.29) is 18.2 Å². The van der Waals surface area contributed by atoms with E-state index in [9.17, 15) is 24.9 Å². The van der Waals surface area contributed by atoms with Gasteiger partial charge in [0.25, 0.3) is 0 Å². The van der Waals surface area contributed by atoms with Crippen molar-refractivity contribution in [3.8, 4) is 5.88 Å². The third-order valence-corrected chi connectivity index (χ3v) is 5.65. The molecule has 8 nitrogen and oxygen atoms in total. The summed E-state index contributed by atoms with van der Waals surface area (Å²) in [5.74, 6) is -3.16. The average Bonchev–Trinajstić information content (AvgIpc) is 2.72. The summed E-state index contributed by atoms with van der Waals surface area (Å²) in [5.41, 5.74) is -1.46. The molecule has 3 unspecified atom stereocenters. The number of aliphatic carboxylic acids is 2. The topological polar surface area (TPSA) is 130 Å². The summed E-state index contributed by atoms with van der Waals surface area (Å²) in [5, 5.41) is 30.0. The molecule has 1 aromatic heterocycles. The Balaban J connectivity index is 1.85. The number of ether oxygens (including phenoxy) is 1.